The Balaban J connectivity index is 1.97. The molecule has 2 aromatic carbocycles. The van der Waals surface area contributed by atoms with Crippen molar-refractivity contribution in [3.05, 3.63) is 70.6 Å². The van der Waals surface area contributed by atoms with E-state index in [1.54, 1.807) is 54.6 Å². The van der Waals surface area contributed by atoms with Crippen molar-refractivity contribution < 1.29 is 24.5 Å². The molecule has 27 heavy (non-hydrogen) atoms. The highest BCUT2D eigenvalue weighted by Gasteiger charge is 2.20. The number of azo groups is 1. The number of benzene rings is 2. The number of carbonyl (C=O) groups is 1. The number of aromatic carboxylic acids is 1. The van der Waals surface area contributed by atoms with Crippen LogP contribution < -0.4 is 5.56 Å². The Morgan fingerprint density at radius 1 is 1.07 bits per heavy atom. The molecular formula is C16H12N4O6S. The van der Waals surface area contributed by atoms with Crippen molar-refractivity contribution in [2.24, 2.45) is 10.2 Å². The van der Waals surface area contributed by atoms with Crippen molar-refractivity contribution in [2.45, 2.75) is 4.90 Å². The number of carboxylic acid groups (broad SMARTS) is 1. The minimum Gasteiger partial charge on any atom is -0.476 e. The summed E-state index contributed by atoms with van der Waals surface area (Å²) in [4.78, 5) is 24.6. The Hall–Kier alpha value is -3.25. The minimum absolute atomic E-state index is 0.318. The van der Waals surface area contributed by atoms with Gasteiger partial charge in [0.25, 0.3) is 5.56 Å². The summed E-state index contributed by atoms with van der Waals surface area (Å²) in [5.74, 6) is -1.34. The van der Waals surface area contributed by atoms with Crippen LogP contribution in [0.25, 0.3) is 5.69 Å². The van der Waals surface area contributed by atoms with Crippen molar-refractivity contribution in [2.75, 3.05) is 0 Å². The molecule has 0 aliphatic carbocycles. The van der Waals surface area contributed by atoms with Gasteiger partial charge in [-0.25, -0.2) is 14.7 Å². The molecule has 0 radical (unpaired) electrons. The highest BCUT2D eigenvalue weighted by atomic mass is 32.2. The highest BCUT2D eigenvalue weighted by Crippen LogP contribution is 2.22. The maximum absolute atomic E-state index is 12.6. The number of carboxylic acids is 1. The van der Waals surface area contributed by atoms with Crippen LogP contribution >= 0.6 is 12.0 Å². The number of hydrogen-bond donors (Lipinski definition) is 3. The van der Waals surface area contributed by atoms with Crippen molar-refractivity contribution in [3.8, 4) is 5.69 Å². The largest absolute Gasteiger partial charge is 0.476 e. The van der Waals surface area contributed by atoms with Gasteiger partial charge in [0.1, 0.15) is 0 Å². The average molecular weight is 388 g/mol. The number of nitrogens with zero attached hydrogens (tertiary/aromatic N) is 3. The molecule has 0 saturated carbocycles. The van der Waals surface area contributed by atoms with Crippen LogP contribution in [0.5, 0.6) is 0 Å². The summed E-state index contributed by atoms with van der Waals surface area (Å²) in [6, 6.07) is 14.9. The van der Waals surface area contributed by atoms with Crippen molar-refractivity contribution in [1.29, 1.82) is 0 Å². The third-order valence-corrected chi connectivity index (χ3v) is 3.95. The second-order valence-electron chi connectivity index (χ2n) is 5.04. The van der Waals surface area contributed by atoms with E-state index < -0.39 is 11.5 Å². The van der Waals surface area contributed by atoms with Crippen molar-refractivity contribution >= 4 is 29.4 Å². The van der Waals surface area contributed by atoms with Gasteiger partial charge in [0.2, 0.25) is 0 Å². The third kappa shape index (κ3) is 4.30. The van der Waals surface area contributed by atoms with Crippen molar-refractivity contribution in [3.63, 3.8) is 0 Å². The summed E-state index contributed by atoms with van der Waals surface area (Å²) >= 11 is 0.750. The molecule has 3 aromatic rings. The molecule has 1 heterocycles. The summed E-state index contributed by atoms with van der Waals surface area (Å²) in [7, 11) is 0. The van der Waals surface area contributed by atoms with E-state index in [0.717, 1.165) is 16.7 Å². The number of H-pyrrole nitrogens is 1. The van der Waals surface area contributed by atoms with Gasteiger partial charge < -0.3 is 5.11 Å². The van der Waals surface area contributed by atoms with Gasteiger partial charge in [0.05, 0.1) is 23.4 Å². The molecule has 0 atom stereocenters. The van der Waals surface area contributed by atoms with E-state index in [9.17, 15) is 14.7 Å². The van der Waals surface area contributed by atoms with E-state index in [1.165, 1.54) is 0 Å². The second-order valence-corrected chi connectivity index (χ2v) is 5.81. The van der Waals surface area contributed by atoms with E-state index in [1.807, 2.05) is 0 Å². The Morgan fingerprint density at radius 3 is 2.41 bits per heavy atom. The maximum atomic E-state index is 12.6. The molecule has 3 rings (SSSR count). The van der Waals surface area contributed by atoms with Gasteiger partial charge in [0, 0.05) is 4.90 Å². The third-order valence-electron chi connectivity index (χ3n) is 3.36. The van der Waals surface area contributed by atoms with Gasteiger partial charge in [-0.3, -0.25) is 9.89 Å². The summed E-state index contributed by atoms with van der Waals surface area (Å²) in [6.07, 6.45) is 0. The standard InChI is InChI=1S/C16H12N4O6S/c21-15-13(18-17-10-4-2-1-3-5-10)14(16(22)23)19-20(15)11-6-8-12(9-7-11)27-26-25-24/h1-9,19,24H,(H,22,23). The van der Waals surface area contributed by atoms with Gasteiger partial charge in [0.15, 0.2) is 11.4 Å². The van der Waals surface area contributed by atoms with E-state index >= 15 is 0 Å². The molecule has 0 aliphatic heterocycles. The SMILES string of the molecule is O=C(O)c1[nH]n(-c2ccc(SOOO)cc2)c(=O)c1N=Nc1ccccc1. The van der Waals surface area contributed by atoms with Crippen molar-refractivity contribution in [1.82, 2.24) is 9.78 Å². The number of rotatable bonds is 7. The lowest BCUT2D eigenvalue weighted by atomic mass is 10.3. The fourth-order valence-electron chi connectivity index (χ4n) is 2.16. The van der Waals surface area contributed by atoms with Gasteiger partial charge in [-0.15, -0.1) is 9.45 Å². The van der Waals surface area contributed by atoms with Crippen LogP contribution in [-0.2, 0) is 9.37 Å². The fraction of sp³-hybridized carbons (Fsp3) is 0. The quantitative estimate of drug-likeness (QED) is 0.243. The van der Waals surface area contributed by atoms with E-state index in [4.69, 9.17) is 5.26 Å². The van der Waals surface area contributed by atoms with Crippen LogP contribution in [0.4, 0.5) is 11.4 Å². The molecule has 0 fully saturated rings. The Bertz CT molecular complexity index is 1010. The lowest BCUT2D eigenvalue weighted by Gasteiger charge is -2.02. The zero-order valence-electron chi connectivity index (χ0n) is 13.5. The van der Waals surface area contributed by atoms with Crippen LogP contribution in [0.15, 0.2) is 74.5 Å². The minimum atomic E-state index is -1.34. The Labute approximate surface area is 155 Å². The summed E-state index contributed by atoms with van der Waals surface area (Å²) in [5, 5.41) is 31.2. The molecule has 138 valence electrons. The normalized spacial score (nSPS) is 11.1. The van der Waals surface area contributed by atoms with Crippen LogP contribution in [0, 0.1) is 0 Å². The molecule has 0 bridgehead atoms. The summed E-state index contributed by atoms with van der Waals surface area (Å²) in [5.41, 5.74) is -0.509. The van der Waals surface area contributed by atoms with Gasteiger partial charge >= 0.3 is 5.97 Å². The first-order valence-electron chi connectivity index (χ1n) is 7.40. The maximum Gasteiger partial charge on any atom is 0.356 e. The number of aromatic amines is 1. The monoisotopic (exact) mass is 388 g/mol. The van der Waals surface area contributed by atoms with Crippen LogP contribution in [0.1, 0.15) is 10.5 Å². The first-order valence-corrected chi connectivity index (χ1v) is 8.14. The predicted molar refractivity (Wildman–Crippen MR) is 94.6 cm³/mol. The molecule has 1 aromatic heterocycles. The van der Waals surface area contributed by atoms with E-state index in [0.29, 0.717) is 16.3 Å². The smallest absolute Gasteiger partial charge is 0.356 e. The Morgan fingerprint density at radius 2 is 1.78 bits per heavy atom. The van der Waals surface area contributed by atoms with E-state index in [2.05, 4.69) is 24.7 Å². The molecule has 11 heteroatoms. The number of aromatic nitrogens is 2. The highest BCUT2D eigenvalue weighted by molar-refractivity contribution is 7.94. The molecule has 0 aliphatic rings. The molecule has 3 N–H and O–H groups in total. The summed E-state index contributed by atoms with van der Waals surface area (Å²) in [6.45, 7) is 0. The van der Waals surface area contributed by atoms with Crippen LogP contribution in [0.2, 0.25) is 0 Å². The molecular weight excluding hydrogens is 376 g/mol. The molecule has 0 unspecified atom stereocenters. The summed E-state index contributed by atoms with van der Waals surface area (Å²) < 4.78 is 5.35. The lowest BCUT2D eigenvalue weighted by Crippen LogP contribution is -2.13. The first-order chi connectivity index (χ1) is 13.1. The van der Waals surface area contributed by atoms with Gasteiger partial charge in [-0.1, -0.05) is 23.2 Å². The fourth-order valence-corrected chi connectivity index (χ4v) is 2.52. The first kappa shape index (κ1) is 18.5. The number of hydrogen-bond acceptors (Lipinski definition) is 8. The Kier molecular flexibility index (Phi) is 5.78. The lowest BCUT2D eigenvalue weighted by molar-refractivity contribution is -0.432. The van der Waals surface area contributed by atoms with Crippen LogP contribution in [-0.4, -0.2) is 26.1 Å². The molecule has 0 saturated heterocycles. The predicted octanol–water partition coefficient (Wildman–Crippen LogP) is 3.71. The van der Waals surface area contributed by atoms with E-state index in [-0.39, 0.29) is 11.4 Å². The van der Waals surface area contributed by atoms with Gasteiger partial charge in [-0.05, 0) is 36.4 Å². The average Bonchev–Trinajstić information content (AvgIpc) is 3.02. The zero-order valence-corrected chi connectivity index (χ0v) is 14.3. The second kappa shape index (κ2) is 8.42. The van der Waals surface area contributed by atoms with Gasteiger partial charge in [-0.2, -0.15) is 5.11 Å². The topological polar surface area (TPSA) is 138 Å². The molecule has 10 nitrogen and oxygen atoms in total. The molecule has 0 spiro atoms. The zero-order chi connectivity index (χ0) is 19.2. The number of nitrogens with one attached hydrogen (secondary N) is 1. The molecule has 0 amide bonds. The van der Waals surface area contributed by atoms with Crippen LogP contribution in [0.3, 0.4) is 0 Å².